The molecule has 3 nitrogen and oxygen atoms in total. The highest BCUT2D eigenvalue weighted by atomic mass is 28.3. The van der Waals surface area contributed by atoms with Crippen molar-refractivity contribution in [3.8, 4) is 17.1 Å². The molecule has 3 aromatic heterocycles. The van der Waals surface area contributed by atoms with Gasteiger partial charge in [0.25, 0.3) is 0 Å². The number of rotatable bonds is 7. The lowest BCUT2D eigenvalue weighted by molar-refractivity contribution is 1.18. The quantitative estimate of drug-likeness (QED) is 0.112. The fraction of sp³-hybridized carbons (Fsp3) is 0. The van der Waals surface area contributed by atoms with Crippen molar-refractivity contribution in [1.29, 1.82) is 0 Å². The van der Waals surface area contributed by atoms with Crippen molar-refractivity contribution in [2.24, 2.45) is 0 Å². The molecule has 0 saturated heterocycles. The first kappa shape index (κ1) is 36.5. The van der Waals surface area contributed by atoms with Gasteiger partial charge >= 0.3 is 0 Å². The van der Waals surface area contributed by atoms with Gasteiger partial charge in [0.05, 0.1) is 33.1 Å². The molecule has 0 radical (unpaired) electrons. The molecule has 0 aliphatic heterocycles. The average molecular weight is 832 g/mol. The zero-order valence-electron chi connectivity index (χ0n) is 35.0. The second-order valence-corrected chi connectivity index (χ2v) is 20.6. The van der Waals surface area contributed by atoms with Crippen LogP contribution in [0.1, 0.15) is 0 Å². The van der Waals surface area contributed by atoms with Gasteiger partial charge in [-0.1, -0.05) is 182 Å². The molecule has 13 rings (SSSR count). The van der Waals surface area contributed by atoms with Crippen LogP contribution in [-0.2, 0) is 0 Å². The fourth-order valence-electron chi connectivity index (χ4n) is 11.0. The summed E-state index contributed by atoms with van der Waals surface area (Å²) in [6.07, 6.45) is 0. The molecule has 0 aliphatic carbocycles. The first-order valence-electron chi connectivity index (χ1n) is 22.1. The molecular weight excluding hydrogens is 791 g/mol. The number of benzene rings is 10. The normalized spacial score (nSPS) is 12.1. The van der Waals surface area contributed by atoms with Gasteiger partial charge in [0.2, 0.25) is 0 Å². The van der Waals surface area contributed by atoms with Gasteiger partial charge in [0.1, 0.15) is 0 Å². The van der Waals surface area contributed by atoms with E-state index in [9.17, 15) is 0 Å². The highest BCUT2D eigenvalue weighted by molar-refractivity contribution is 7.20. The van der Waals surface area contributed by atoms with Gasteiger partial charge in [-0.2, -0.15) is 0 Å². The molecule has 0 atom stereocenters. The van der Waals surface area contributed by atoms with Gasteiger partial charge in [-0.3, -0.25) is 0 Å². The van der Waals surface area contributed by atoms with E-state index in [2.05, 4.69) is 262 Å². The standard InChI is InChI=1S/C60H41N3Si/c1-5-21-42(22-6-1)61-53-35-17-14-32-50(53)58-55(61)37-20-38-57(58)64(45-26-9-3-10-27-45,46-28-11-4-12-29-46)47-30-19-25-44(41-47)62-54-36-18-15-33-51(54)59-56(62)40-39-49-48-31-13-16-34-52(48)63(60(49)59)43-23-7-2-8-24-43/h1-41H. The smallest absolute Gasteiger partial charge is 0.180 e. The maximum atomic E-state index is 2.52. The van der Waals surface area contributed by atoms with Crippen molar-refractivity contribution in [2.45, 2.75) is 0 Å². The van der Waals surface area contributed by atoms with Crippen LogP contribution in [0, 0.1) is 0 Å². The summed E-state index contributed by atoms with van der Waals surface area (Å²) in [4.78, 5) is 0. The van der Waals surface area contributed by atoms with Gasteiger partial charge in [0, 0.05) is 49.4 Å². The maximum Gasteiger partial charge on any atom is 0.180 e. The molecule has 0 spiro atoms. The summed E-state index contributed by atoms with van der Waals surface area (Å²) >= 11 is 0. The topological polar surface area (TPSA) is 14.8 Å². The van der Waals surface area contributed by atoms with E-state index in [1.54, 1.807) is 0 Å². The summed E-state index contributed by atoms with van der Waals surface area (Å²) in [7, 11) is -3.10. The van der Waals surface area contributed by atoms with E-state index < -0.39 is 8.07 Å². The molecule has 0 amide bonds. The van der Waals surface area contributed by atoms with Gasteiger partial charge in [-0.05, 0) is 87.5 Å². The monoisotopic (exact) mass is 831 g/mol. The Bertz CT molecular complexity index is 3840. The van der Waals surface area contributed by atoms with E-state index >= 15 is 0 Å². The molecule has 10 aromatic carbocycles. The number of para-hydroxylation sites is 5. The lowest BCUT2D eigenvalue weighted by Crippen LogP contribution is -2.74. The Morgan fingerprint density at radius 2 is 0.672 bits per heavy atom. The first-order chi connectivity index (χ1) is 31.8. The average Bonchev–Trinajstić information content (AvgIpc) is 4.02. The fourth-order valence-corrected chi connectivity index (χ4v) is 16.1. The molecule has 0 unspecified atom stereocenters. The third kappa shape index (κ3) is 5.21. The van der Waals surface area contributed by atoms with Crippen LogP contribution >= 0.6 is 0 Å². The zero-order chi connectivity index (χ0) is 42.2. The van der Waals surface area contributed by atoms with Crippen LogP contribution in [-0.4, -0.2) is 21.8 Å². The summed E-state index contributed by atoms with van der Waals surface area (Å²) < 4.78 is 7.43. The van der Waals surface area contributed by atoms with Crippen LogP contribution in [0.5, 0.6) is 0 Å². The lowest BCUT2D eigenvalue weighted by Gasteiger charge is -2.35. The minimum absolute atomic E-state index is 1.15. The van der Waals surface area contributed by atoms with Crippen LogP contribution in [0.15, 0.2) is 249 Å². The predicted octanol–water partition coefficient (Wildman–Crippen LogP) is 12.4. The first-order valence-corrected chi connectivity index (χ1v) is 24.1. The molecule has 0 saturated carbocycles. The Labute approximate surface area is 372 Å². The highest BCUT2D eigenvalue weighted by Gasteiger charge is 2.43. The van der Waals surface area contributed by atoms with Crippen molar-refractivity contribution < 1.29 is 0 Å². The van der Waals surface area contributed by atoms with Gasteiger partial charge in [-0.25, -0.2) is 0 Å². The third-order valence-corrected chi connectivity index (χ3v) is 18.4. The van der Waals surface area contributed by atoms with Crippen LogP contribution in [0.2, 0.25) is 0 Å². The Kier molecular flexibility index (Phi) is 8.23. The van der Waals surface area contributed by atoms with Crippen molar-refractivity contribution in [3.63, 3.8) is 0 Å². The Balaban J connectivity index is 1.15. The van der Waals surface area contributed by atoms with Crippen LogP contribution in [0.4, 0.5) is 0 Å². The molecular formula is C60H41N3Si. The lowest BCUT2D eigenvalue weighted by atomic mass is 10.1. The minimum Gasteiger partial charge on any atom is -0.309 e. The summed E-state index contributed by atoms with van der Waals surface area (Å²) in [5.74, 6) is 0. The van der Waals surface area contributed by atoms with Crippen LogP contribution in [0.3, 0.4) is 0 Å². The molecule has 4 heteroatoms. The molecule has 64 heavy (non-hydrogen) atoms. The SMILES string of the molecule is c1ccc(-n2c3ccccc3c3c([Si](c4ccccc4)(c4ccccc4)c4cccc(-n5c6ccccc6c6c5ccc5c7ccccc7n(-c7ccccc7)c56)c4)cccc32)cc1. The second kappa shape index (κ2) is 14.5. The van der Waals surface area contributed by atoms with Gasteiger partial charge in [-0.15, -0.1) is 0 Å². The molecule has 3 heterocycles. The number of nitrogens with zero attached hydrogens (tertiary/aromatic N) is 3. The van der Waals surface area contributed by atoms with E-state index in [1.807, 2.05) is 0 Å². The molecule has 0 aliphatic rings. The molecule has 0 bridgehead atoms. The third-order valence-electron chi connectivity index (χ3n) is 13.6. The molecule has 13 aromatic rings. The molecule has 0 N–H and O–H groups in total. The molecule has 300 valence electrons. The summed E-state index contributed by atoms with van der Waals surface area (Å²) in [5, 5.41) is 13.0. The summed E-state index contributed by atoms with van der Waals surface area (Å²) in [5.41, 5.74) is 10.7. The van der Waals surface area contributed by atoms with Gasteiger partial charge in [0.15, 0.2) is 8.07 Å². The number of hydrogen-bond acceptors (Lipinski definition) is 0. The Morgan fingerprint density at radius 1 is 0.250 bits per heavy atom. The maximum absolute atomic E-state index is 3.10. The second-order valence-electron chi connectivity index (χ2n) is 16.8. The van der Waals surface area contributed by atoms with E-state index in [1.165, 1.54) is 86.2 Å². The summed E-state index contributed by atoms with van der Waals surface area (Å²) in [6.45, 7) is 0. The van der Waals surface area contributed by atoms with Crippen LogP contribution in [0.25, 0.3) is 82.5 Å². The summed E-state index contributed by atoms with van der Waals surface area (Å²) in [6, 6.07) is 92.4. The Hall–Kier alpha value is -8.18. The van der Waals surface area contributed by atoms with Crippen molar-refractivity contribution in [3.05, 3.63) is 249 Å². The molecule has 0 fully saturated rings. The number of hydrogen-bond donors (Lipinski definition) is 0. The van der Waals surface area contributed by atoms with Crippen molar-refractivity contribution >= 4 is 94.2 Å². The van der Waals surface area contributed by atoms with E-state index in [4.69, 9.17) is 0 Å². The van der Waals surface area contributed by atoms with E-state index in [0.717, 1.165) is 17.1 Å². The van der Waals surface area contributed by atoms with E-state index in [-0.39, 0.29) is 0 Å². The zero-order valence-corrected chi connectivity index (χ0v) is 36.0. The van der Waals surface area contributed by atoms with Crippen molar-refractivity contribution in [2.75, 3.05) is 0 Å². The largest absolute Gasteiger partial charge is 0.309 e. The van der Waals surface area contributed by atoms with Crippen molar-refractivity contribution in [1.82, 2.24) is 13.7 Å². The minimum atomic E-state index is -3.10. The van der Waals surface area contributed by atoms with Crippen LogP contribution < -0.4 is 20.7 Å². The van der Waals surface area contributed by atoms with E-state index in [0.29, 0.717) is 0 Å². The Morgan fingerprint density at radius 3 is 1.30 bits per heavy atom. The number of aromatic nitrogens is 3. The highest BCUT2D eigenvalue weighted by Crippen LogP contribution is 2.42. The predicted molar refractivity (Wildman–Crippen MR) is 273 cm³/mol. The van der Waals surface area contributed by atoms with Gasteiger partial charge < -0.3 is 13.7 Å². The number of fused-ring (bicyclic) bond motifs is 10.